The molecule has 6 amide bonds. The van der Waals surface area contributed by atoms with Gasteiger partial charge in [0, 0.05) is 13.6 Å². The lowest BCUT2D eigenvalue weighted by Gasteiger charge is -2.16. The van der Waals surface area contributed by atoms with Crippen LogP contribution in [0, 0.1) is 5.92 Å². The van der Waals surface area contributed by atoms with Gasteiger partial charge >= 0.3 is 17.8 Å². The summed E-state index contributed by atoms with van der Waals surface area (Å²) >= 11 is 0. The number of rotatable bonds is 6. The third-order valence-electron chi connectivity index (χ3n) is 2.71. The van der Waals surface area contributed by atoms with Gasteiger partial charge in [0.15, 0.2) is 0 Å². The van der Waals surface area contributed by atoms with Crippen molar-refractivity contribution in [2.24, 2.45) is 5.92 Å². The summed E-state index contributed by atoms with van der Waals surface area (Å²) < 4.78 is 0. The second kappa shape index (κ2) is 6.82. The van der Waals surface area contributed by atoms with Crippen LogP contribution in [0.1, 0.15) is 13.8 Å². The fourth-order valence-corrected chi connectivity index (χ4v) is 1.68. The minimum atomic E-state index is -1.03. The maximum Gasteiger partial charge on any atom is 0.334 e. The van der Waals surface area contributed by atoms with Crippen molar-refractivity contribution in [3.05, 3.63) is 0 Å². The number of nitrogens with one attached hydrogen (secondary N) is 2. The fraction of sp³-hybridized carbons (Fsp3) is 0.583. The first-order chi connectivity index (χ1) is 9.77. The predicted molar refractivity (Wildman–Crippen MR) is 70.7 cm³/mol. The van der Waals surface area contributed by atoms with Crippen molar-refractivity contribution in [2.45, 2.75) is 13.8 Å². The number of hydrogen-bond acceptors (Lipinski definition) is 5. The lowest BCUT2D eigenvalue weighted by atomic mass is 10.2. The highest BCUT2D eigenvalue weighted by Crippen LogP contribution is 2.13. The van der Waals surface area contributed by atoms with Gasteiger partial charge in [-0.2, -0.15) is 0 Å². The first kappa shape index (κ1) is 16.6. The van der Waals surface area contributed by atoms with E-state index in [-0.39, 0.29) is 19.0 Å². The minimum absolute atomic E-state index is 0.00715. The Morgan fingerprint density at radius 2 is 1.62 bits per heavy atom. The number of nitrogens with zero attached hydrogens (tertiary/aromatic N) is 2. The van der Waals surface area contributed by atoms with E-state index < -0.39 is 36.2 Å². The van der Waals surface area contributed by atoms with Crippen LogP contribution in [0.2, 0.25) is 0 Å². The van der Waals surface area contributed by atoms with E-state index in [0.29, 0.717) is 4.90 Å². The quantitative estimate of drug-likeness (QED) is 0.448. The molecule has 1 aliphatic rings. The van der Waals surface area contributed by atoms with E-state index in [1.165, 1.54) is 7.05 Å². The van der Waals surface area contributed by atoms with Crippen LogP contribution in [0.15, 0.2) is 0 Å². The third kappa shape index (κ3) is 4.01. The van der Waals surface area contributed by atoms with E-state index in [1.807, 2.05) is 0 Å². The molecule has 1 heterocycles. The van der Waals surface area contributed by atoms with E-state index in [1.54, 1.807) is 13.8 Å². The molecule has 116 valence electrons. The molecule has 0 aromatic carbocycles. The average Bonchev–Trinajstić information content (AvgIpc) is 2.62. The molecule has 2 N–H and O–H groups in total. The standard InChI is InChI=1S/C12H18N4O5/c1-7(2)5-15-10(19)11(20)16(12(15)21)6-9(18)14-4-8(17)13-3/h7H,4-6H2,1-3H3,(H,13,17)(H,14,18). The molecular formula is C12H18N4O5. The Kier molecular flexibility index (Phi) is 5.39. The average molecular weight is 298 g/mol. The van der Waals surface area contributed by atoms with Gasteiger partial charge in [0.25, 0.3) is 0 Å². The van der Waals surface area contributed by atoms with Gasteiger partial charge in [0.2, 0.25) is 11.8 Å². The van der Waals surface area contributed by atoms with E-state index in [0.717, 1.165) is 4.90 Å². The number of carbonyl (C=O) groups is 5. The summed E-state index contributed by atoms with van der Waals surface area (Å²) in [5.41, 5.74) is 0. The van der Waals surface area contributed by atoms with E-state index in [2.05, 4.69) is 10.6 Å². The molecule has 0 bridgehead atoms. The number of amides is 6. The van der Waals surface area contributed by atoms with E-state index in [4.69, 9.17) is 0 Å². The largest absolute Gasteiger partial charge is 0.358 e. The lowest BCUT2D eigenvalue weighted by Crippen LogP contribution is -2.44. The van der Waals surface area contributed by atoms with Crippen molar-refractivity contribution in [2.75, 3.05) is 26.7 Å². The molecule has 0 unspecified atom stereocenters. The van der Waals surface area contributed by atoms with Gasteiger partial charge < -0.3 is 10.6 Å². The molecule has 0 radical (unpaired) electrons. The van der Waals surface area contributed by atoms with Crippen molar-refractivity contribution in [3.8, 4) is 0 Å². The molecule has 9 nitrogen and oxygen atoms in total. The summed E-state index contributed by atoms with van der Waals surface area (Å²) in [6.45, 7) is 2.84. The van der Waals surface area contributed by atoms with Gasteiger partial charge in [-0.25, -0.2) is 9.69 Å². The zero-order chi connectivity index (χ0) is 16.2. The Bertz CT molecular complexity index is 488. The summed E-state index contributed by atoms with van der Waals surface area (Å²) in [5, 5.41) is 4.55. The molecule has 1 saturated heterocycles. The highest BCUT2D eigenvalue weighted by molar-refractivity contribution is 6.45. The second-order valence-corrected chi connectivity index (χ2v) is 4.93. The molecule has 1 aliphatic heterocycles. The van der Waals surface area contributed by atoms with Gasteiger partial charge in [0.05, 0.1) is 6.54 Å². The molecule has 0 atom stereocenters. The molecular weight excluding hydrogens is 280 g/mol. The number of hydrogen-bond donors (Lipinski definition) is 2. The molecule has 0 aromatic rings. The first-order valence-electron chi connectivity index (χ1n) is 6.42. The van der Waals surface area contributed by atoms with Gasteiger partial charge in [-0.05, 0) is 5.92 Å². The SMILES string of the molecule is CNC(=O)CNC(=O)CN1C(=O)C(=O)N(CC(C)C)C1=O. The zero-order valence-electron chi connectivity index (χ0n) is 12.1. The zero-order valence-corrected chi connectivity index (χ0v) is 12.1. The molecule has 0 aromatic heterocycles. The lowest BCUT2D eigenvalue weighted by molar-refractivity contribution is -0.144. The van der Waals surface area contributed by atoms with Gasteiger partial charge in [-0.3, -0.25) is 24.1 Å². The first-order valence-corrected chi connectivity index (χ1v) is 6.42. The molecule has 0 spiro atoms. The number of urea groups is 1. The van der Waals surface area contributed by atoms with Gasteiger partial charge in [-0.1, -0.05) is 13.8 Å². The number of carbonyl (C=O) groups excluding carboxylic acids is 5. The normalized spacial score (nSPS) is 15.0. The Hall–Kier alpha value is -2.45. The molecule has 9 heteroatoms. The molecule has 21 heavy (non-hydrogen) atoms. The van der Waals surface area contributed by atoms with Crippen molar-refractivity contribution >= 4 is 29.7 Å². The van der Waals surface area contributed by atoms with Crippen molar-refractivity contribution in [1.29, 1.82) is 0 Å². The topological polar surface area (TPSA) is 116 Å². The van der Waals surface area contributed by atoms with Crippen LogP contribution in [-0.4, -0.2) is 66.1 Å². The predicted octanol–water partition coefficient (Wildman–Crippen LogP) is -1.70. The highest BCUT2D eigenvalue weighted by Gasteiger charge is 2.45. The van der Waals surface area contributed by atoms with Gasteiger partial charge in [0.1, 0.15) is 6.54 Å². The van der Waals surface area contributed by atoms with Crippen molar-refractivity contribution < 1.29 is 24.0 Å². The van der Waals surface area contributed by atoms with Crippen LogP contribution in [0.5, 0.6) is 0 Å². The molecule has 0 aliphatic carbocycles. The summed E-state index contributed by atoms with van der Waals surface area (Å²) in [6.07, 6.45) is 0. The number of likely N-dealkylation sites (N-methyl/N-ethyl adjacent to an activating group) is 1. The molecule has 0 saturated carbocycles. The Labute approximate surface area is 121 Å². The smallest absolute Gasteiger partial charge is 0.334 e. The van der Waals surface area contributed by atoms with Crippen LogP contribution in [0.4, 0.5) is 4.79 Å². The summed E-state index contributed by atoms with van der Waals surface area (Å²) in [7, 11) is 1.41. The molecule has 1 rings (SSSR count). The fourth-order valence-electron chi connectivity index (χ4n) is 1.68. The summed E-state index contributed by atoms with van der Waals surface area (Å²) in [4.78, 5) is 59.3. The minimum Gasteiger partial charge on any atom is -0.358 e. The van der Waals surface area contributed by atoms with Crippen LogP contribution < -0.4 is 10.6 Å². The van der Waals surface area contributed by atoms with Crippen LogP contribution in [-0.2, 0) is 19.2 Å². The summed E-state index contributed by atoms with van der Waals surface area (Å²) in [6, 6.07) is -0.811. The van der Waals surface area contributed by atoms with E-state index >= 15 is 0 Å². The summed E-state index contributed by atoms with van der Waals surface area (Å²) in [5.74, 6) is -3.07. The van der Waals surface area contributed by atoms with Crippen LogP contribution in [0.3, 0.4) is 0 Å². The highest BCUT2D eigenvalue weighted by atomic mass is 16.2. The third-order valence-corrected chi connectivity index (χ3v) is 2.71. The van der Waals surface area contributed by atoms with Crippen molar-refractivity contribution in [1.82, 2.24) is 20.4 Å². The Balaban J connectivity index is 2.65. The Morgan fingerprint density at radius 3 is 2.14 bits per heavy atom. The van der Waals surface area contributed by atoms with Crippen LogP contribution in [0.25, 0.3) is 0 Å². The van der Waals surface area contributed by atoms with E-state index in [9.17, 15) is 24.0 Å². The van der Waals surface area contributed by atoms with Crippen molar-refractivity contribution in [3.63, 3.8) is 0 Å². The van der Waals surface area contributed by atoms with Gasteiger partial charge in [-0.15, -0.1) is 0 Å². The monoisotopic (exact) mass is 298 g/mol. The Morgan fingerprint density at radius 1 is 1.05 bits per heavy atom. The number of imide groups is 2. The molecule has 1 fully saturated rings. The maximum atomic E-state index is 11.9. The maximum absolute atomic E-state index is 11.9. The second-order valence-electron chi connectivity index (χ2n) is 4.93. The van der Waals surface area contributed by atoms with Crippen LogP contribution >= 0.6 is 0 Å².